The van der Waals surface area contributed by atoms with Crippen molar-refractivity contribution in [2.24, 2.45) is 0 Å². The van der Waals surface area contributed by atoms with E-state index in [4.69, 9.17) is 0 Å². The van der Waals surface area contributed by atoms with Crippen LogP contribution in [0.15, 0.2) is 24.3 Å². The molecule has 0 spiro atoms. The molecule has 3 heteroatoms. The van der Waals surface area contributed by atoms with Gasteiger partial charge in [-0.25, -0.2) is 0 Å². The Labute approximate surface area is 94.7 Å². The summed E-state index contributed by atoms with van der Waals surface area (Å²) in [5, 5.41) is 0. The molecule has 1 aliphatic heterocycles. The quantitative estimate of drug-likeness (QED) is 0.731. The lowest BCUT2D eigenvalue weighted by atomic mass is 10.1. The second kappa shape index (κ2) is 4.27. The van der Waals surface area contributed by atoms with Gasteiger partial charge in [-0.2, -0.15) is 11.8 Å². The fourth-order valence-corrected chi connectivity index (χ4v) is 2.48. The topological polar surface area (TPSA) is 20.3 Å². The van der Waals surface area contributed by atoms with Crippen molar-refractivity contribution in [3.63, 3.8) is 0 Å². The molecule has 2 rings (SSSR count). The molecule has 1 fully saturated rings. The summed E-state index contributed by atoms with van der Waals surface area (Å²) in [6.45, 7) is 1.60. The number of Topliss-reactive ketones (excluding diaryl/α,β-unsaturated/α-hetero) is 1. The lowest BCUT2D eigenvalue weighted by Crippen LogP contribution is -2.41. The van der Waals surface area contributed by atoms with Gasteiger partial charge in [-0.1, -0.05) is 0 Å². The van der Waals surface area contributed by atoms with Gasteiger partial charge in [0, 0.05) is 35.8 Å². The fourth-order valence-electron chi connectivity index (χ4n) is 1.59. The Morgan fingerprint density at radius 1 is 1.33 bits per heavy atom. The van der Waals surface area contributed by atoms with Crippen LogP contribution in [0.25, 0.3) is 0 Å². The molecule has 0 amide bonds. The number of thioether (sulfide) groups is 1. The molecule has 0 saturated carbocycles. The van der Waals surface area contributed by atoms with Crippen LogP contribution in [0.4, 0.5) is 5.69 Å². The van der Waals surface area contributed by atoms with E-state index in [1.807, 2.05) is 36.0 Å². The lowest BCUT2D eigenvalue weighted by Gasteiger charge is -2.35. The first-order chi connectivity index (χ1) is 7.18. The highest BCUT2D eigenvalue weighted by Crippen LogP contribution is 2.26. The SMILES string of the molecule is CC(=O)c1ccc(N(C)C2CSC2)cc1. The van der Waals surface area contributed by atoms with Crippen LogP contribution in [0.5, 0.6) is 0 Å². The number of benzene rings is 1. The molecule has 0 radical (unpaired) electrons. The van der Waals surface area contributed by atoms with Crippen molar-refractivity contribution in [1.82, 2.24) is 0 Å². The number of rotatable bonds is 3. The summed E-state index contributed by atoms with van der Waals surface area (Å²) in [5.41, 5.74) is 1.99. The standard InChI is InChI=1S/C12H15NOS/c1-9(14)10-3-5-11(6-4-10)13(2)12-7-15-8-12/h3-6,12H,7-8H2,1-2H3. The summed E-state index contributed by atoms with van der Waals surface area (Å²) in [5.74, 6) is 2.55. The number of anilines is 1. The molecule has 1 saturated heterocycles. The van der Waals surface area contributed by atoms with Crippen LogP contribution in [-0.2, 0) is 0 Å². The van der Waals surface area contributed by atoms with Gasteiger partial charge in [0.1, 0.15) is 0 Å². The van der Waals surface area contributed by atoms with Crippen molar-refractivity contribution in [3.8, 4) is 0 Å². The average molecular weight is 221 g/mol. The first-order valence-corrected chi connectivity index (χ1v) is 6.25. The highest BCUT2D eigenvalue weighted by Gasteiger charge is 2.22. The zero-order valence-corrected chi connectivity index (χ0v) is 9.88. The van der Waals surface area contributed by atoms with Crippen LogP contribution in [0.1, 0.15) is 17.3 Å². The minimum atomic E-state index is 0.128. The normalized spacial score (nSPS) is 15.9. The lowest BCUT2D eigenvalue weighted by molar-refractivity contribution is 0.101. The van der Waals surface area contributed by atoms with E-state index in [0.29, 0.717) is 6.04 Å². The van der Waals surface area contributed by atoms with Crippen LogP contribution in [0, 0.1) is 0 Å². The molecule has 1 aliphatic rings. The van der Waals surface area contributed by atoms with Gasteiger partial charge in [0.25, 0.3) is 0 Å². The average Bonchev–Trinajstić information content (AvgIpc) is 2.15. The Bertz CT molecular complexity index is 356. The Morgan fingerprint density at radius 2 is 1.93 bits per heavy atom. The molecular weight excluding hydrogens is 206 g/mol. The fraction of sp³-hybridized carbons (Fsp3) is 0.417. The van der Waals surface area contributed by atoms with E-state index in [1.54, 1.807) is 6.92 Å². The van der Waals surface area contributed by atoms with Gasteiger partial charge in [0.05, 0.1) is 0 Å². The monoisotopic (exact) mass is 221 g/mol. The molecule has 80 valence electrons. The third kappa shape index (κ3) is 2.17. The Morgan fingerprint density at radius 3 is 2.33 bits per heavy atom. The summed E-state index contributed by atoms with van der Waals surface area (Å²) < 4.78 is 0. The van der Waals surface area contributed by atoms with E-state index in [9.17, 15) is 4.79 Å². The maximum atomic E-state index is 11.1. The Balaban J connectivity index is 2.11. The molecule has 15 heavy (non-hydrogen) atoms. The molecule has 1 aromatic rings. The largest absolute Gasteiger partial charge is 0.370 e. The molecule has 0 unspecified atom stereocenters. The van der Waals surface area contributed by atoms with Gasteiger partial charge in [0.2, 0.25) is 0 Å². The van der Waals surface area contributed by atoms with Gasteiger partial charge in [-0.05, 0) is 31.2 Å². The predicted molar refractivity (Wildman–Crippen MR) is 66.0 cm³/mol. The Kier molecular flexibility index (Phi) is 3.00. The van der Waals surface area contributed by atoms with Crippen molar-refractivity contribution < 1.29 is 4.79 Å². The molecule has 1 heterocycles. The van der Waals surface area contributed by atoms with Crippen molar-refractivity contribution in [1.29, 1.82) is 0 Å². The number of hydrogen-bond acceptors (Lipinski definition) is 3. The molecule has 0 bridgehead atoms. The highest BCUT2D eigenvalue weighted by molar-refractivity contribution is 8.00. The van der Waals surface area contributed by atoms with Gasteiger partial charge >= 0.3 is 0 Å². The van der Waals surface area contributed by atoms with Gasteiger partial charge in [-0.15, -0.1) is 0 Å². The summed E-state index contributed by atoms with van der Waals surface area (Å²) in [4.78, 5) is 13.4. The molecular formula is C12H15NOS. The van der Waals surface area contributed by atoms with E-state index in [-0.39, 0.29) is 5.78 Å². The first-order valence-electron chi connectivity index (χ1n) is 5.10. The summed E-state index contributed by atoms with van der Waals surface area (Å²) in [6, 6.07) is 8.53. The van der Waals surface area contributed by atoms with Crippen molar-refractivity contribution in [2.45, 2.75) is 13.0 Å². The summed E-state index contributed by atoms with van der Waals surface area (Å²) >= 11 is 1.98. The molecule has 0 aromatic heterocycles. The molecule has 1 aromatic carbocycles. The third-order valence-corrected chi connectivity index (χ3v) is 4.09. The zero-order chi connectivity index (χ0) is 10.8. The second-order valence-electron chi connectivity index (χ2n) is 3.91. The van der Waals surface area contributed by atoms with Crippen LogP contribution < -0.4 is 4.90 Å². The number of ketones is 1. The Hall–Kier alpha value is -0.960. The second-order valence-corrected chi connectivity index (χ2v) is 4.98. The van der Waals surface area contributed by atoms with Crippen molar-refractivity contribution in [3.05, 3.63) is 29.8 Å². The maximum Gasteiger partial charge on any atom is 0.159 e. The smallest absolute Gasteiger partial charge is 0.159 e. The molecule has 0 N–H and O–H groups in total. The molecule has 0 aliphatic carbocycles. The van der Waals surface area contributed by atoms with E-state index in [2.05, 4.69) is 11.9 Å². The van der Waals surface area contributed by atoms with Crippen LogP contribution in [0.2, 0.25) is 0 Å². The first kappa shape index (κ1) is 10.6. The van der Waals surface area contributed by atoms with E-state index in [0.717, 1.165) is 5.56 Å². The zero-order valence-electron chi connectivity index (χ0n) is 9.06. The summed E-state index contributed by atoms with van der Waals surface area (Å²) in [6.07, 6.45) is 0. The van der Waals surface area contributed by atoms with Gasteiger partial charge < -0.3 is 4.90 Å². The third-order valence-electron chi connectivity index (χ3n) is 2.85. The van der Waals surface area contributed by atoms with E-state index < -0.39 is 0 Å². The van der Waals surface area contributed by atoms with E-state index in [1.165, 1.54) is 17.2 Å². The molecule has 0 atom stereocenters. The van der Waals surface area contributed by atoms with Crippen molar-refractivity contribution in [2.75, 3.05) is 23.5 Å². The van der Waals surface area contributed by atoms with Crippen LogP contribution >= 0.6 is 11.8 Å². The van der Waals surface area contributed by atoms with Crippen molar-refractivity contribution >= 4 is 23.2 Å². The minimum absolute atomic E-state index is 0.128. The number of nitrogens with zero attached hydrogens (tertiary/aromatic N) is 1. The number of carbonyl (C=O) groups excluding carboxylic acids is 1. The van der Waals surface area contributed by atoms with Crippen LogP contribution in [-0.4, -0.2) is 30.4 Å². The predicted octanol–water partition coefficient (Wildman–Crippen LogP) is 2.44. The summed E-state index contributed by atoms with van der Waals surface area (Å²) in [7, 11) is 2.12. The van der Waals surface area contributed by atoms with Crippen LogP contribution in [0.3, 0.4) is 0 Å². The number of carbonyl (C=O) groups is 1. The minimum Gasteiger partial charge on any atom is -0.370 e. The highest BCUT2D eigenvalue weighted by atomic mass is 32.2. The van der Waals surface area contributed by atoms with Gasteiger partial charge in [0.15, 0.2) is 5.78 Å². The van der Waals surface area contributed by atoms with E-state index >= 15 is 0 Å². The number of hydrogen-bond donors (Lipinski definition) is 0. The molecule has 2 nitrogen and oxygen atoms in total. The maximum absolute atomic E-state index is 11.1. The van der Waals surface area contributed by atoms with Gasteiger partial charge in [-0.3, -0.25) is 4.79 Å².